The van der Waals surface area contributed by atoms with Gasteiger partial charge in [0.15, 0.2) is 11.1 Å². The molecule has 0 saturated heterocycles. The van der Waals surface area contributed by atoms with Crippen LogP contribution in [-0.4, -0.2) is 26.2 Å². The molecule has 4 nitrogen and oxygen atoms in total. The molecule has 1 unspecified atom stereocenters. The highest BCUT2D eigenvalue weighted by molar-refractivity contribution is 7.79. The van der Waals surface area contributed by atoms with E-state index in [-0.39, 0.29) is 5.88 Å². The molecule has 0 aliphatic carbocycles. The summed E-state index contributed by atoms with van der Waals surface area (Å²) < 4.78 is 18.5. The van der Waals surface area contributed by atoms with E-state index in [4.69, 9.17) is 4.55 Å². The van der Waals surface area contributed by atoms with E-state index in [1.807, 2.05) is 0 Å². The SMILES string of the molecule is O=S(O)CN1C=CNC1. The predicted molar refractivity (Wildman–Crippen MR) is 34.6 cm³/mol. The Morgan fingerprint density at radius 3 is 3.11 bits per heavy atom. The van der Waals surface area contributed by atoms with Gasteiger partial charge in [0.1, 0.15) is 5.88 Å². The first kappa shape index (κ1) is 6.57. The maximum absolute atomic E-state index is 10.2. The molecule has 0 aromatic rings. The van der Waals surface area contributed by atoms with Crippen LogP contribution in [0.2, 0.25) is 0 Å². The molecular formula is C4H8N2O2S. The number of rotatable bonds is 2. The topological polar surface area (TPSA) is 52.6 Å². The Morgan fingerprint density at radius 1 is 1.89 bits per heavy atom. The molecule has 0 spiro atoms. The summed E-state index contributed by atoms with van der Waals surface area (Å²) in [5, 5.41) is 2.88. The predicted octanol–water partition coefficient (Wildman–Crippen LogP) is -0.500. The third kappa shape index (κ3) is 2.03. The lowest BCUT2D eigenvalue weighted by molar-refractivity contribution is 0.433. The van der Waals surface area contributed by atoms with Crippen LogP contribution in [0.5, 0.6) is 0 Å². The summed E-state index contributed by atoms with van der Waals surface area (Å²) in [4.78, 5) is 1.72. The maximum Gasteiger partial charge on any atom is 0.173 e. The zero-order valence-electron chi connectivity index (χ0n) is 4.78. The summed E-state index contributed by atoms with van der Waals surface area (Å²) >= 11 is -1.72. The average molecular weight is 148 g/mol. The van der Waals surface area contributed by atoms with Gasteiger partial charge in [-0.2, -0.15) is 0 Å². The van der Waals surface area contributed by atoms with Gasteiger partial charge in [0.2, 0.25) is 0 Å². The fourth-order valence-corrected chi connectivity index (χ4v) is 1.07. The third-order valence-electron chi connectivity index (χ3n) is 0.974. The highest BCUT2D eigenvalue weighted by Crippen LogP contribution is 1.93. The van der Waals surface area contributed by atoms with Crippen LogP contribution in [0.25, 0.3) is 0 Å². The Bertz CT molecular complexity index is 148. The summed E-state index contributed by atoms with van der Waals surface area (Å²) in [6, 6.07) is 0. The Morgan fingerprint density at radius 2 is 2.67 bits per heavy atom. The van der Waals surface area contributed by atoms with Gasteiger partial charge in [-0.05, 0) is 0 Å². The van der Waals surface area contributed by atoms with Crippen molar-refractivity contribution < 1.29 is 8.76 Å². The largest absolute Gasteiger partial charge is 0.373 e. The fraction of sp³-hybridized carbons (Fsp3) is 0.500. The second-order valence-electron chi connectivity index (χ2n) is 1.72. The van der Waals surface area contributed by atoms with Crippen LogP contribution in [0.3, 0.4) is 0 Å². The number of hydrogen-bond acceptors (Lipinski definition) is 3. The highest BCUT2D eigenvalue weighted by atomic mass is 32.2. The lowest BCUT2D eigenvalue weighted by atomic mass is 10.9. The second kappa shape index (κ2) is 2.84. The number of nitrogens with one attached hydrogen (secondary N) is 1. The minimum atomic E-state index is -1.72. The van der Waals surface area contributed by atoms with E-state index in [0.29, 0.717) is 6.67 Å². The van der Waals surface area contributed by atoms with E-state index in [1.165, 1.54) is 0 Å². The Hall–Kier alpha value is -0.550. The monoisotopic (exact) mass is 148 g/mol. The first-order valence-corrected chi connectivity index (χ1v) is 3.78. The van der Waals surface area contributed by atoms with Crippen LogP contribution >= 0.6 is 0 Å². The molecule has 1 aliphatic rings. The highest BCUT2D eigenvalue weighted by Gasteiger charge is 2.04. The van der Waals surface area contributed by atoms with Gasteiger partial charge >= 0.3 is 0 Å². The van der Waals surface area contributed by atoms with E-state index in [9.17, 15) is 4.21 Å². The van der Waals surface area contributed by atoms with Crippen molar-refractivity contribution in [3.63, 3.8) is 0 Å². The standard InChI is InChI=1S/C4H8N2O2S/c7-9(8)4-6-2-1-5-3-6/h1-2,5H,3-4H2,(H,7,8). The zero-order chi connectivity index (χ0) is 6.69. The Kier molecular flexibility index (Phi) is 2.07. The molecular weight excluding hydrogens is 140 g/mol. The van der Waals surface area contributed by atoms with Crippen LogP contribution in [0.4, 0.5) is 0 Å². The van der Waals surface area contributed by atoms with Crippen molar-refractivity contribution in [1.29, 1.82) is 0 Å². The second-order valence-corrected chi connectivity index (χ2v) is 2.62. The maximum atomic E-state index is 10.2. The summed E-state index contributed by atoms with van der Waals surface area (Å²) in [6.45, 7) is 0.631. The van der Waals surface area contributed by atoms with Crippen LogP contribution in [0.15, 0.2) is 12.4 Å². The summed E-state index contributed by atoms with van der Waals surface area (Å²) in [5.74, 6) is 0.184. The van der Waals surface area contributed by atoms with Gasteiger partial charge in [-0.25, -0.2) is 4.21 Å². The van der Waals surface area contributed by atoms with E-state index in [0.717, 1.165) is 0 Å². The summed E-state index contributed by atoms with van der Waals surface area (Å²) in [5.41, 5.74) is 0. The van der Waals surface area contributed by atoms with E-state index in [2.05, 4.69) is 5.32 Å². The molecule has 5 heteroatoms. The van der Waals surface area contributed by atoms with Crippen LogP contribution in [-0.2, 0) is 11.1 Å². The molecule has 1 rings (SSSR count). The van der Waals surface area contributed by atoms with Crippen LogP contribution < -0.4 is 5.32 Å². The van der Waals surface area contributed by atoms with E-state index in [1.54, 1.807) is 17.3 Å². The van der Waals surface area contributed by atoms with Gasteiger partial charge in [0.25, 0.3) is 0 Å². The van der Waals surface area contributed by atoms with Crippen molar-refractivity contribution in [1.82, 2.24) is 10.2 Å². The van der Waals surface area contributed by atoms with Crippen molar-refractivity contribution in [2.75, 3.05) is 12.5 Å². The quantitative estimate of drug-likeness (QED) is 0.518. The lowest BCUT2D eigenvalue weighted by Crippen LogP contribution is -2.23. The molecule has 0 saturated carbocycles. The molecule has 1 heterocycles. The van der Waals surface area contributed by atoms with Gasteiger partial charge < -0.3 is 14.8 Å². The van der Waals surface area contributed by atoms with Crippen molar-refractivity contribution >= 4 is 11.1 Å². The first-order valence-electron chi connectivity index (χ1n) is 2.50. The van der Waals surface area contributed by atoms with Crippen molar-refractivity contribution in [2.45, 2.75) is 0 Å². The molecule has 0 aromatic heterocycles. The Labute approximate surface area is 55.8 Å². The lowest BCUT2D eigenvalue weighted by Gasteiger charge is -2.10. The van der Waals surface area contributed by atoms with Gasteiger partial charge in [-0.3, -0.25) is 0 Å². The van der Waals surface area contributed by atoms with Crippen molar-refractivity contribution in [3.8, 4) is 0 Å². The number of hydrogen-bond donors (Lipinski definition) is 2. The van der Waals surface area contributed by atoms with E-state index >= 15 is 0 Å². The normalized spacial score (nSPS) is 19.9. The van der Waals surface area contributed by atoms with Gasteiger partial charge in [0, 0.05) is 12.4 Å². The zero-order valence-corrected chi connectivity index (χ0v) is 5.60. The third-order valence-corrected chi connectivity index (χ3v) is 1.53. The minimum Gasteiger partial charge on any atom is -0.373 e. The molecule has 1 atom stereocenters. The summed E-state index contributed by atoms with van der Waals surface area (Å²) in [7, 11) is 0. The summed E-state index contributed by atoms with van der Waals surface area (Å²) in [6.07, 6.45) is 3.49. The van der Waals surface area contributed by atoms with Crippen molar-refractivity contribution in [2.24, 2.45) is 0 Å². The van der Waals surface area contributed by atoms with Crippen LogP contribution in [0.1, 0.15) is 0 Å². The molecule has 0 bridgehead atoms. The van der Waals surface area contributed by atoms with Gasteiger partial charge in [0.05, 0.1) is 6.67 Å². The molecule has 1 aliphatic heterocycles. The molecule has 0 aromatic carbocycles. The van der Waals surface area contributed by atoms with Gasteiger partial charge in [-0.15, -0.1) is 0 Å². The van der Waals surface area contributed by atoms with Crippen LogP contribution in [0, 0.1) is 0 Å². The minimum absolute atomic E-state index is 0.184. The molecule has 2 N–H and O–H groups in total. The fourth-order valence-electron chi connectivity index (χ4n) is 0.611. The smallest absolute Gasteiger partial charge is 0.173 e. The van der Waals surface area contributed by atoms with Crippen molar-refractivity contribution in [3.05, 3.63) is 12.4 Å². The average Bonchev–Trinajstić information content (AvgIpc) is 2.15. The Balaban J connectivity index is 2.28. The molecule has 0 radical (unpaired) electrons. The molecule has 9 heavy (non-hydrogen) atoms. The molecule has 0 fully saturated rings. The van der Waals surface area contributed by atoms with E-state index < -0.39 is 11.1 Å². The number of nitrogens with zero attached hydrogens (tertiary/aromatic N) is 1. The van der Waals surface area contributed by atoms with Gasteiger partial charge in [-0.1, -0.05) is 0 Å². The molecule has 0 amide bonds. The molecule has 52 valence electrons. The first-order chi connectivity index (χ1) is 4.29.